The SMILES string of the molecule is C[C@@](O)(C/C=C/C1CCC(=O)[C@@H]1CCSc1nc(C(=O)O)cs1)CCCC(F)(F)F. The normalized spacial score (nSPS) is 22.0. The maximum Gasteiger partial charge on any atom is 0.389 e. The highest BCUT2D eigenvalue weighted by Gasteiger charge is 2.33. The van der Waals surface area contributed by atoms with Crippen LogP contribution in [0.1, 0.15) is 62.4 Å². The first kappa shape index (κ1) is 24.9. The average molecular weight is 466 g/mol. The molecular formula is C20H26F3NO4S2. The van der Waals surface area contributed by atoms with E-state index in [-0.39, 0.29) is 42.6 Å². The minimum atomic E-state index is -4.21. The van der Waals surface area contributed by atoms with Gasteiger partial charge < -0.3 is 10.2 Å². The number of thioether (sulfide) groups is 1. The topological polar surface area (TPSA) is 87.5 Å². The van der Waals surface area contributed by atoms with E-state index >= 15 is 0 Å². The lowest BCUT2D eigenvalue weighted by Crippen LogP contribution is -2.24. The first-order chi connectivity index (χ1) is 14.0. The molecule has 0 saturated heterocycles. The summed E-state index contributed by atoms with van der Waals surface area (Å²) in [6, 6.07) is 0. The maximum absolute atomic E-state index is 12.3. The zero-order valence-electron chi connectivity index (χ0n) is 16.7. The molecule has 0 aliphatic heterocycles. The number of rotatable bonds is 11. The molecule has 0 amide bonds. The molecular weight excluding hydrogens is 439 g/mol. The van der Waals surface area contributed by atoms with Gasteiger partial charge in [-0.1, -0.05) is 23.9 Å². The van der Waals surface area contributed by atoms with Crippen LogP contribution in [0, 0.1) is 11.8 Å². The molecule has 1 aliphatic carbocycles. The van der Waals surface area contributed by atoms with Crippen molar-refractivity contribution in [1.29, 1.82) is 0 Å². The van der Waals surface area contributed by atoms with Gasteiger partial charge in [-0.25, -0.2) is 9.78 Å². The lowest BCUT2D eigenvalue weighted by molar-refractivity contribution is -0.137. The number of halogens is 3. The van der Waals surface area contributed by atoms with Crippen LogP contribution in [0.5, 0.6) is 0 Å². The third kappa shape index (κ3) is 8.39. The van der Waals surface area contributed by atoms with Gasteiger partial charge >= 0.3 is 12.1 Å². The number of allylic oxidation sites excluding steroid dienone is 1. The molecule has 2 N–H and O–H groups in total. The van der Waals surface area contributed by atoms with Crippen molar-refractivity contribution in [2.24, 2.45) is 11.8 Å². The number of carbonyl (C=O) groups excluding carboxylic acids is 1. The van der Waals surface area contributed by atoms with Crippen LogP contribution in [0.25, 0.3) is 0 Å². The van der Waals surface area contributed by atoms with Gasteiger partial charge in [0, 0.05) is 29.9 Å². The number of Topliss-reactive ketones (excluding diaryl/α,β-unsaturated/α-hetero) is 1. The molecule has 1 unspecified atom stereocenters. The monoisotopic (exact) mass is 465 g/mol. The number of carbonyl (C=O) groups is 2. The number of aromatic nitrogens is 1. The molecule has 30 heavy (non-hydrogen) atoms. The van der Waals surface area contributed by atoms with E-state index in [9.17, 15) is 27.9 Å². The number of thiazole rings is 1. The van der Waals surface area contributed by atoms with E-state index in [1.165, 1.54) is 35.4 Å². The largest absolute Gasteiger partial charge is 0.476 e. The average Bonchev–Trinajstić information content (AvgIpc) is 3.22. The standard InChI is InChI=1S/C20H26F3NO4S2/c1-19(28,9-3-10-20(21,22)23)8-2-4-13-5-6-16(25)14(13)7-11-29-18-24-15(12-30-18)17(26)27/h2,4,12-14,28H,3,5-11H2,1H3,(H,26,27)/b4-2+/t13?,14-,19-/m1/s1. The highest BCUT2D eigenvalue weighted by atomic mass is 32.2. The lowest BCUT2D eigenvalue weighted by atomic mass is 9.90. The van der Waals surface area contributed by atoms with Crippen LogP contribution >= 0.6 is 23.1 Å². The minimum Gasteiger partial charge on any atom is -0.476 e. The number of alkyl halides is 3. The lowest BCUT2D eigenvalue weighted by Gasteiger charge is -2.22. The van der Waals surface area contributed by atoms with Crippen molar-refractivity contribution in [2.75, 3.05) is 5.75 Å². The second-order valence-corrected chi connectivity index (χ2v) is 10.0. The van der Waals surface area contributed by atoms with Crippen LogP contribution in [0.2, 0.25) is 0 Å². The molecule has 1 fully saturated rings. The number of aliphatic hydroxyl groups is 1. The van der Waals surface area contributed by atoms with Crippen molar-refractivity contribution >= 4 is 34.9 Å². The number of aromatic carboxylic acids is 1. The second-order valence-electron chi connectivity index (χ2n) is 7.81. The predicted molar refractivity (Wildman–Crippen MR) is 110 cm³/mol. The van der Waals surface area contributed by atoms with Gasteiger partial charge in [0.05, 0.1) is 5.60 Å². The molecule has 1 saturated carbocycles. The Labute approximate surface area is 181 Å². The molecule has 1 aliphatic rings. The summed E-state index contributed by atoms with van der Waals surface area (Å²) >= 11 is 2.68. The Hall–Kier alpha value is -1.39. The highest BCUT2D eigenvalue weighted by Crippen LogP contribution is 2.35. The summed E-state index contributed by atoms with van der Waals surface area (Å²) in [6.45, 7) is 1.53. The Kier molecular flexibility index (Phi) is 8.93. The fourth-order valence-corrected chi connectivity index (χ4v) is 5.40. The third-order valence-corrected chi connectivity index (χ3v) is 7.18. The van der Waals surface area contributed by atoms with Gasteiger partial charge in [-0.05, 0) is 44.9 Å². The van der Waals surface area contributed by atoms with Gasteiger partial charge in [-0.15, -0.1) is 11.3 Å². The summed E-state index contributed by atoms with van der Waals surface area (Å²) in [4.78, 5) is 27.1. The Morgan fingerprint density at radius 1 is 1.40 bits per heavy atom. The van der Waals surface area contributed by atoms with Crippen molar-refractivity contribution in [3.8, 4) is 0 Å². The molecule has 10 heteroatoms. The summed E-state index contributed by atoms with van der Waals surface area (Å²) in [7, 11) is 0. The Morgan fingerprint density at radius 2 is 2.13 bits per heavy atom. The van der Waals surface area contributed by atoms with Crippen molar-refractivity contribution in [3.05, 3.63) is 23.2 Å². The fourth-order valence-electron chi connectivity index (χ4n) is 3.50. The van der Waals surface area contributed by atoms with Crippen molar-refractivity contribution < 1.29 is 33.0 Å². The number of hydrogen-bond donors (Lipinski definition) is 2. The summed E-state index contributed by atoms with van der Waals surface area (Å²) in [5.41, 5.74) is -1.19. The zero-order valence-corrected chi connectivity index (χ0v) is 18.3. The molecule has 3 atom stereocenters. The minimum absolute atomic E-state index is 0.0162. The van der Waals surface area contributed by atoms with E-state index in [2.05, 4.69) is 4.98 Å². The number of carboxylic acid groups (broad SMARTS) is 1. The molecule has 1 aromatic rings. The second kappa shape index (κ2) is 10.8. The number of carboxylic acids is 1. The number of nitrogens with zero attached hydrogens (tertiary/aromatic N) is 1. The van der Waals surface area contributed by atoms with E-state index in [1.807, 2.05) is 6.08 Å². The Bertz CT molecular complexity index is 761. The molecule has 0 aromatic carbocycles. The Morgan fingerprint density at radius 3 is 2.77 bits per heavy atom. The van der Waals surface area contributed by atoms with Gasteiger partial charge in [0.2, 0.25) is 0 Å². The first-order valence-electron chi connectivity index (χ1n) is 9.77. The van der Waals surface area contributed by atoms with Crippen molar-refractivity contribution in [3.63, 3.8) is 0 Å². The van der Waals surface area contributed by atoms with E-state index < -0.39 is 24.2 Å². The summed E-state index contributed by atoms with van der Waals surface area (Å²) in [5.74, 6) is -0.323. The van der Waals surface area contributed by atoms with Crippen LogP contribution in [-0.4, -0.2) is 44.5 Å². The molecule has 0 spiro atoms. The van der Waals surface area contributed by atoms with Crippen LogP contribution in [0.15, 0.2) is 21.9 Å². The fraction of sp³-hybridized carbons (Fsp3) is 0.650. The van der Waals surface area contributed by atoms with Gasteiger partial charge in [-0.2, -0.15) is 13.2 Å². The molecule has 0 bridgehead atoms. The van der Waals surface area contributed by atoms with Crippen molar-refractivity contribution in [1.82, 2.24) is 4.98 Å². The van der Waals surface area contributed by atoms with Crippen LogP contribution in [-0.2, 0) is 4.79 Å². The van der Waals surface area contributed by atoms with Crippen LogP contribution in [0.4, 0.5) is 13.2 Å². The quantitative estimate of drug-likeness (QED) is 0.338. The molecule has 0 radical (unpaired) electrons. The summed E-state index contributed by atoms with van der Waals surface area (Å²) in [6.07, 6.45) is 0.608. The van der Waals surface area contributed by atoms with E-state index in [4.69, 9.17) is 5.11 Å². The summed E-state index contributed by atoms with van der Waals surface area (Å²) in [5, 5.41) is 20.7. The van der Waals surface area contributed by atoms with Crippen LogP contribution < -0.4 is 0 Å². The van der Waals surface area contributed by atoms with E-state index in [1.54, 1.807) is 6.08 Å². The Balaban J connectivity index is 1.79. The van der Waals surface area contributed by atoms with E-state index in [0.717, 1.165) is 6.42 Å². The molecule has 168 valence electrons. The van der Waals surface area contributed by atoms with Gasteiger partial charge in [-0.3, -0.25) is 4.79 Å². The molecule has 2 rings (SSSR count). The van der Waals surface area contributed by atoms with Gasteiger partial charge in [0.1, 0.15) is 5.78 Å². The maximum atomic E-state index is 12.3. The first-order valence-corrected chi connectivity index (χ1v) is 11.6. The predicted octanol–water partition coefficient (Wildman–Crippen LogP) is 5.35. The highest BCUT2D eigenvalue weighted by molar-refractivity contribution is 8.01. The molecule has 5 nitrogen and oxygen atoms in total. The summed E-state index contributed by atoms with van der Waals surface area (Å²) < 4.78 is 37.4. The third-order valence-electron chi connectivity index (χ3n) is 5.13. The van der Waals surface area contributed by atoms with E-state index in [0.29, 0.717) is 22.9 Å². The molecule has 1 aromatic heterocycles. The zero-order chi connectivity index (χ0) is 22.4. The van der Waals surface area contributed by atoms with Crippen LogP contribution in [0.3, 0.4) is 0 Å². The smallest absolute Gasteiger partial charge is 0.389 e. The van der Waals surface area contributed by atoms with Gasteiger partial charge in [0.25, 0.3) is 0 Å². The number of hydrogen-bond acceptors (Lipinski definition) is 6. The van der Waals surface area contributed by atoms with Gasteiger partial charge in [0.15, 0.2) is 10.0 Å². The van der Waals surface area contributed by atoms with Crippen molar-refractivity contribution in [2.45, 2.75) is 68.0 Å². The number of ketones is 1. The molecule has 1 heterocycles.